The van der Waals surface area contributed by atoms with Crippen LogP contribution < -0.4 is 9.80 Å². The van der Waals surface area contributed by atoms with Crippen molar-refractivity contribution in [2.75, 3.05) is 49.1 Å². The van der Waals surface area contributed by atoms with Gasteiger partial charge in [-0.3, -0.25) is 4.90 Å². The third-order valence-corrected chi connectivity index (χ3v) is 6.99. The van der Waals surface area contributed by atoms with Crippen LogP contribution in [0.2, 0.25) is 10.0 Å². The fourth-order valence-electron chi connectivity index (χ4n) is 4.47. The van der Waals surface area contributed by atoms with Crippen LogP contribution in [0.3, 0.4) is 0 Å². The number of aliphatic hydroxyl groups is 1. The first-order valence-corrected chi connectivity index (χ1v) is 11.5. The third-order valence-electron chi connectivity index (χ3n) is 6.18. The summed E-state index contributed by atoms with van der Waals surface area (Å²) in [6.45, 7) is 5.75. The number of halogens is 2. The standard InChI is InChI=1S/C23H29Cl2N3O2/c24-19-4-3-5-20(23(19)25)27-14-12-26(13-15-27)10-1-2-11-28-21-16-18(29)8-6-17(21)7-9-22(28)30/h3-6,8,16,22,29-30H,1-2,7,9-15H2/t22-/m1/s1. The zero-order valence-electron chi connectivity index (χ0n) is 17.1. The molecule has 0 saturated carbocycles. The Kier molecular flexibility index (Phi) is 6.94. The molecular formula is C23H29Cl2N3O2. The van der Waals surface area contributed by atoms with Crippen LogP contribution in [0.25, 0.3) is 0 Å². The summed E-state index contributed by atoms with van der Waals surface area (Å²) in [6.07, 6.45) is 3.21. The average Bonchev–Trinajstić information content (AvgIpc) is 2.75. The van der Waals surface area contributed by atoms with Crippen LogP contribution >= 0.6 is 23.2 Å². The van der Waals surface area contributed by atoms with Gasteiger partial charge in [0.05, 0.1) is 15.7 Å². The normalized spacial score (nSPS) is 19.8. The summed E-state index contributed by atoms with van der Waals surface area (Å²) in [5.74, 6) is 0.255. The highest BCUT2D eigenvalue weighted by atomic mass is 35.5. The number of anilines is 2. The van der Waals surface area contributed by atoms with E-state index >= 15 is 0 Å². The molecule has 0 bridgehead atoms. The summed E-state index contributed by atoms with van der Waals surface area (Å²) in [6, 6.07) is 11.3. The number of aromatic hydroxyl groups is 1. The van der Waals surface area contributed by atoms with Crippen LogP contribution in [-0.2, 0) is 6.42 Å². The van der Waals surface area contributed by atoms with E-state index in [1.165, 1.54) is 5.56 Å². The Balaban J connectivity index is 1.24. The van der Waals surface area contributed by atoms with Crippen molar-refractivity contribution in [2.45, 2.75) is 31.9 Å². The second-order valence-corrected chi connectivity index (χ2v) is 8.92. The van der Waals surface area contributed by atoms with Gasteiger partial charge >= 0.3 is 0 Å². The fraction of sp³-hybridized carbons (Fsp3) is 0.478. The largest absolute Gasteiger partial charge is 0.508 e. The second-order valence-electron chi connectivity index (χ2n) is 8.13. The van der Waals surface area contributed by atoms with Gasteiger partial charge in [-0.2, -0.15) is 0 Å². The number of piperazine rings is 1. The van der Waals surface area contributed by atoms with E-state index in [9.17, 15) is 10.2 Å². The van der Waals surface area contributed by atoms with Crippen LogP contribution in [0.15, 0.2) is 36.4 Å². The zero-order valence-corrected chi connectivity index (χ0v) is 18.6. The van der Waals surface area contributed by atoms with E-state index < -0.39 is 6.23 Å². The van der Waals surface area contributed by atoms with Gasteiger partial charge in [0.2, 0.25) is 0 Å². The maximum absolute atomic E-state index is 10.4. The maximum Gasteiger partial charge on any atom is 0.127 e. The molecule has 2 aliphatic heterocycles. The molecular weight excluding hydrogens is 421 g/mol. The summed E-state index contributed by atoms with van der Waals surface area (Å²) in [4.78, 5) is 6.83. The Morgan fingerprint density at radius 3 is 2.50 bits per heavy atom. The molecule has 0 aliphatic carbocycles. The van der Waals surface area contributed by atoms with E-state index in [-0.39, 0.29) is 5.75 Å². The monoisotopic (exact) mass is 449 g/mol. The number of unbranched alkanes of at least 4 members (excludes halogenated alkanes) is 1. The van der Waals surface area contributed by atoms with Gasteiger partial charge in [0.1, 0.15) is 12.0 Å². The topological polar surface area (TPSA) is 50.2 Å². The van der Waals surface area contributed by atoms with E-state index in [1.54, 1.807) is 12.1 Å². The van der Waals surface area contributed by atoms with E-state index in [0.717, 1.165) is 76.3 Å². The molecule has 2 N–H and O–H groups in total. The second kappa shape index (κ2) is 9.65. The quantitative estimate of drug-likeness (QED) is 0.641. The molecule has 0 aromatic heterocycles. The highest BCUT2D eigenvalue weighted by Crippen LogP contribution is 2.34. The van der Waals surface area contributed by atoms with Crippen molar-refractivity contribution in [1.29, 1.82) is 0 Å². The molecule has 2 aromatic carbocycles. The molecule has 162 valence electrons. The molecule has 0 amide bonds. The van der Waals surface area contributed by atoms with Gasteiger partial charge in [-0.05, 0) is 56.0 Å². The van der Waals surface area contributed by atoms with Gasteiger partial charge < -0.3 is 20.0 Å². The Morgan fingerprint density at radius 2 is 1.70 bits per heavy atom. The number of hydrogen-bond donors (Lipinski definition) is 2. The van der Waals surface area contributed by atoms with E-state index in [1.807, 2.05) is 29.2 Å². The maximum atomic E-state index is 10.4. The molecule has 5 nitrogen and oxygen atoms in total. The van der Waals surface area contributed by atoms with E-state index in [4.69, 9.17) is 23.2 Å². The van der Waals surface area contributed by atoms with E-state index in [2.05, 4.69) is 9.80 Å². The lowest BCUT2D eigenvalue weighted by atomic mass is 10.00. The number of fused-ring (bicyclic) bond motifs is 1. The number of nitrogens with zero attached hydrogens (tertiary/aromatic N) is 3. The molecule has 1 saturated heterocycles. The van der Waals surface area contributed by atoms with Crippen molar-refractivity contribution in [3.05, 3.63) is 52.0 Å². The van der Waals surface area contributed by atoms with Gasteiger partial charge in [0, 0.05) is 44.5 Å². The third kappa shape index (κ3) is 4.80. The molecule has 30 heavy (non-hydrogen) atoms. The molecule has 0 radical (unpaired) electrons. The predicted molar refractivity (Wildman–Crippen MR) is 124 cm³/mol. The van der Waals surface area contributed by atoms with Crippen LogP contribution in [0.5, 0.6) is 5.75 Å². The molecule has 2 aliphatic rings. The molecule has 2 aromatic rings. The highest BCUT2D eigenvalue weighted by molar-refractivity contribution is 6.43. The van der Waals surface area contributed by atoms with Crippen LogP contribution in [0, 0.1) is 0 Å². The lowest BCUT2D eigenvalue weighted by Crippen LogP contribution is -2.47. The van der Waals surface area contributed by atoms with Crippen molar-refractivity contribution in [2.24, 2.45) is 0 Å². The number of hydrogen-bond acceptors (Lipinski definition) is 5. The van der Waals surface area contributed by atoms with Gasteiger partial charge in [-0.15, -0.1) is 0 Å². The minimum Gasteiger partial charge on any atom is -0.508 e. The smallest absolute Gasteiger partial charge is 0.127 e. The number of phenolic OH excluding ortho intramolecular Hbond substituents is 1. The van der Waals surface area contributed by atoms with Gasteiger partial charge in [0.15, 0.2) is 0 Å². The summed E-state index contributed by atoms with van der Waals surface area (Å²) >= 11 is 12.5. The average molecular weight is 450 g/mol. The molecule has 1 atom stereocenters. The molecule has 0 spiro atoms. The van der Waals surface area contributed by atoms with Crippen molar-refractivity contribution >= 4 is 34.6 Å². The molecule has 0 unspecified atom stereocenters. The first-order chi connectivity index (χ1) is 14.5. The van der Waals surface area contributed by atoms with Crippen molar-refractivity contribution in [3.63, 3.8) is 0 Å². The molecule has 2 heterocycles. The predicted octanol–water partition coefficient (Wildman–Crippen LogP) is 4.37. The van der Waals surface area contributed by atoms with Gasteiger partial charge in [-0.1, -0.05) is 35.3 Å². The zero-order chi connectivity index (χ0) is 21.1. The number of aliphatic hydroxyl groups excluding tert-OH is 1. The Labute approximate surface area is 188 Å². The number of benzene rings is 2. The van der Waals surface area contributed by atoms with Gasteiger partial charge in [0.25, 0.3) is 0 Å². The molecule has 7 heteroatoms. The Morgan fingerprint density at radius 1 is 0.933 bits per heavy atom. The summed E-state index contributed by atoms with van der Waals surface area (Å²) < 4.78 is 0. The van der Waals surface area contributed by atoms with Crippen LogP contribution in [0.1, 0.15) is 24.8 Å². The Bertz CT molecular complexity index is 872. The lowest BCUT2D eigenvalue weighted by Gasteiger charge is -2.37. The number of aryl methyl sites for hydroxylation is 1. The lowest BCUT2D eigenvalue weighted by molar-refractivity contribution is 0.152. The first-order valence-electron chi connectivity index (χ1n) is 10.7. The van der Waals surface area contributed by atoms with Crippen molar-refractivity contribution in [3.8, 4) is 5.75 Å². The number of rotatable bonds is 6. The Hall–Kier alpha value is -1.66. The summed E-state index contributed by atoms with van der Waals surface area (Å²) in [7, 11) is 0. The fourth-order valence-corrected chi connectivity index (χ4v) is 4.88. The van der Waals surface area contributed by atoms with Crippen LogP contribution in [-0.4, -0.2) is 60.6 Å². The minimum atomic E-state index is -0.467. The molecule has 1 fully saturated rings. The summed E-state index contributed by atoms with van der Waals surface area (Å²) in [5.41, 5.74) is 3.19. The van der Waals surface area contributed by atoms with Gasteiger partial charge in [-0.25, -0.2) is 0 Å². The molecule has 4 rings (SSSR count). The van der Waals surface area contributed by atoms with Crippen molar-refractivity contribution < 1.29 is 10.2 Å². The van der Waals surface area contributed by atoms with Crippen molar-refractivity contribution in [1.82, 2.24) is 4.90 Å². The number of phenols is 1. The minimum absolute atomic E-state index is 0.255. The summed E-state index contributed by atoms with van der Waals surface area (Å²) in [5, 5.41) is 21.5. The SMILES string of the molecule is Oc1ccc2c(c1)N(CCCCN1CCN(c3cccc(Cl)c3Cl)CC1)[C@H](O)CC2. The van der Waals surface area contributed by atoms with E-state index in [0.29, 0.717) is 10.0 Å². The first kappa shape index (κ1) is 21.6. The van der Waals surface area contributed by atoms with Crippen LogP contribution in [0.4, 0.5) is 11.4 Å². The highest BCUT2D eigenvalue weighted by Gasteiger charge is 2.25.